The van der Waals surface area contributed by atoms with Crippen LogP contribution < -0.4 is 5.32 Å². The molecular weight excluding hydrogens is 721 g/mol. The number of carbonyl (C=O) groups is 3. The number of sulfonamides is 1. The number of esters is 1. The van der Waals surface area contributed by atoms with Crippen LogP contribution in [0.5, 0.6) is 0 Å². The highest BCUT2D eigenvalue weighted by atomic mass is 32.2. The number of aromatic nitrogens is 1. The number of nitrogens with one attached hydrogen (secondary N) is 1. The third-order valence-corrected chi connectivity index (χ3v) is 11.8. The molecule has 3 amide bonds. The van der Waals surface area contributed by atoms with Gasteiger partial charge >= 0.3 is 12.0 Å². The third kappa shape index (κ3) is 11.4. The van der Waals surface area contributed by atoms with Crippen molar-refractivity contribution < 1.29 is 32.6 Å². The van der Waals surface area contributed by atoms with E-state index in [1.165, 1.54) is 46.8 Å². The first-order valence-electron chi connectivity index (χ1n) is 17.8. The number of benzene rings is 2. The largest absolute Gasteiger partial charge is 0.458 e. The van der Waals surface area contributed by atoms with Crippen molar-refractivity contribution in [2.75, 3.05) is 26.2 Å². The summed E-state index contributed by atoms with van der Waals surface area (Å²) in [5.74, 6) is -1.17. The number of nitroso groups, excluding NO2 is 1. The highest BCUT2D eigenvalue weighted by molar-refractivity contribution is 7.89. The second-order valence-corrected chi connectivity index (χ2v) is 16.6. The second-order valence-electron chi connectivity index (χ2n) is 13.8. The number of ether oxygens (including phenoxy) is 1. The lowest BCUT2D eigenvalue weighted by atomic mass is 9.95. The van der Waals surface area contributed by atoms with E-state index in [2.05, 4.69) is 15.5 Å². The molecule has 16 heteroatoms. The lowest BCUT2D eigenvalue weighted by Gasteiger charge is -2.35. The van der Waals surface area contributed by atoms with Gasteiger partial charge in [-0.05, 0) is 41.5 Å². The van der Waals surface area contributed by atoms with E-state index < -0.39 is 40.1 Å². The fourth-order valence-electron chi connectivity index (χ4n) is 6.21. The molecule has 4 rings (SSSR count). The number of thiazole rings is 1. The molecule has 1 aliphatic rings. The zero-order valence-electron chi connectivity index (χ0n) is 30.9. The Hall–Kier alpha value is -4.25. The summed E-state index contributed by atoms with van der Waals surface area (Å²) in [5.41, 5.74) is 2.05. The van der Waals surface area contributed by atoms with Gasteiger partial charge in [0, 0.05) is 38.5 Å². The molecule has 3 aromatic rings. The van der Waals surface area contributed by atoms with E-state index in [1.54, 1.807) is 9.80 Å². The van der Waals surface area contributed by atoms with Crippen LogP contribution in [0.2, 0.25) is 0 Å². The molecule has 4 atom stereocenters. The molecule has 53 heavy (non-hydrogen) atoms. The van der Waals surface area contributed by atoms with Gasteiger partial charge in [0.2, 0.25) is 15.9 Å². The Morgan fingerprint density at radius 1 is 1.06 bits per heavy atom. The molecule has 0 spiro atoms. The first-order valence-corrected chi connectivity index (χ1v) is 20.1. The van der Waals surface area contributed by atoms with Gasteiger partial charge in [-0.2, -0.15) is 9.21 Å². The summed E-state index contributed by atoms with van der Waals surface area (Å²) in [7, 11) is -4.08. The number of rotatable bonds is 20. The van der Waals surface area contributed by atoms with Crippen LogP contribution in [0, 0.1) is 16.7 Å². The summed E-state index contributed by atoms with van der Waals surface area (Å²) in [6.07, 6.45) is -0.509. The van der Waals surface area contributed by atoms with Crippen LogP contribution in [-0.4, -0.2) is 94.9 Å². The maximum Gasteiger partial charge on any atom is 0.321 e. The number of hydrogen-bond acceptors (Lipinski definition) is 11. The first kappa shape index (κ1) is 41.5. The quantitative estimate of drug-likeness (QED) is 0.123. The molecule has 0 aliphatic carbocycles. The van der Waals surface area contributed by atoms with E-state index in [-0.39, 0.29) is 62.0 Å². The average molecular weight is 771 g/mol. The van der Waals surface area contributed by atoms with Gasteiger partial charge in [-0.3, -0.25) is 9.59 Å². The maximum atomic E-state index is 14.3. The SMILES string of the molecule is CC[C@H](C)[C@@H](C(=O)N[C@@H](Cc1ccccc1)[C@H](O)CN(CC(C)C)S(=O)(=O)c1ccc(CN=O)cc1)N1CCN(Cc2csc(COC(C)=O)n2)C1=O. The average Bonchev–Trinajstić information content (AvgIpc) is 3.73. The monoisotopic (exact) mass is 770 g/mol. The Kier molecular flexibility index (Phi) is 15.0. The zero-order valence-corrected chi connectivity index (χ0v) is 32.5. The number of nitrogens with zero attached hydrogens (tertiary/aromatic N) is 5. The number of aliphatic hydroxyl groups excluding tert-OH is 1. The maximum absolute atomic E-state index is 14.3. The van der Waals surface area contributed by atoms with Crippen molar-refractivity contribution in [2.24, 2.45) is 17.0 Å². The predicted octanol–water partition coefficient (Wildman–Crippen LogP) is 4.56. The summed E-state index contributed by atoms with van der Waals surface area (Å²) in [6, 6.07) is 13.1. The van der Waals surface area contributed by atoms with E-state index >= 15 is 0 Å². The highest BCUT2D eigenvalue weighted by Gasteiger charge is 2.41. The molecule has 1 fully saturated rings. The Labute approximate surface area is 315 Å². The molecule has 2 N–H and O–H groups in total. The molecule has 0 bridgehead atoms. The van der Waals surface area contributed by atoms with E-state index in [9.17, 15) is 32.8 Å². The van der Waals surface area contributed by atoms with Gasteiger partial charge in [0.1, 0.15) is 24.2 Å². The molecule has 1 aromatic heterocycles. The number of aliphatic hydroxyl groups is 1. The van der Waals surface area contributed by atoms with E-state index in [0.717, 1.165) is 5.56 Å². The molecule has 288 valence electrons. The standard InChI is InChI=1S/C37H50N6O8S2/c1-6-26(4)35(43-17-16-41(37(43)47)21-30-24-52-34(39-30)23-51-27(5)44)36(46)40-32(18-28-10-8-7-9-11-28)33(45)22-42(20-25(2)3)53(49,50)31-14-12-29(13-15-31)19-38-48/h7-15,24-26,32-33,35,45H,6,16-23H2,1-5H3,(H,40,46)/t26-,32-,33+,35-/m0/s1. The van der Waals surface area contributed by atoms with Gasteiger partial charge in [0.05, 0.1) is 29.3 Å². The van der Waals surface area contributed by atoms with Crippen molar-refractivity contribution >= 4 is 39.3 Å². The molecule has 1 aliphatic heterocycles. The first-order chi connectivity index (χ1) is 25.2. The molecule has 2 heterocycles. The number of amides is 3. The van der Waals surface area contributed by atoms with Gasteiger partial charge in [-0.15, -0.1) is 11.3 Å². The highest BCUT2D eigenvalue weighted by Crippen LogP contribution is 2.25. The lowest BCUT2D eigenvalue weighted by molar-refractivity contribution is -0.142. The van der Waals surface area contributed by atoms with Crippen LogP contribution >= 0.6 is 11.3 Å². The van der Waals surface area contributed by atoms with Crippen molar-refractivity contribution in [3.63, 3.8) is 0 Å². The van der Waals surface area contributed by atoms with Gasteiger partial charge in [-0.1, -0.05) is 81.8 Å². The van der Waals surface area contributed by atoms with Crippen molar-refractivity contribution in [2.45, 2.75) is 90.2 Å². The molecule has 2 aromatic carbocycles. The summed E-state index contributed by atoms with van der Waals surface area (Å²) in [4.78, 5) is 57.7. The Bertz CT molecular complexity index is 1790. The second kappa shape index (κ2) is 19.2. The van der Waals surface area contributed by atoms with Crippen LogP contribution in [0.1, 0.15) is 62.9 Å². The Balaban J connectivity index is 1.55. The van der Waals surface area contributed by atoms with Crippen molar-refractivity contribution in [3.05, 3.63) is 86.7 Å². The van der Waals surface area contributed by atoms with Gasteiger partial charge in [0.15, 0.2) is 0 Å². The number of urea groups is 1. The summed E-state index contributed by atoms with van der Waals surface area (Å²) < 4.78 is 34.1. The fourth-order valence-corrected chi connectivity index (χ4v) is 8.52. The summed E-state index contributed by atoms with van der Waals surface area (Å²) >= 11 is 1.33. The van der Waals surface area contributed by atoms with Crippen LogP contribution in [0.4, 0.5) is 4.79 Å². The third-order valence-electron chi connectivity index (χ3n) is 9.12. The minimum atomic E-state index is -4.08. The smallest absolute Gasteiger partial charge is 0.321 e. The molecule has 0 unspecified atom stereocenters. The predicted molar refractivity (Wildman–Crippen MR) is 201 cm³/mol. The topological polar surface area (TPSA) is 179 Å². The fraction of sp³-hybridized carbons (Fsp3) is 0.514. The van der Waals surface area contributed by atoms with E-state index in [4.69, 9.17) is 4.74 Å². The minimum absolute atomic E-state index is 0.0100. The zero-order chi connectivity index (χ0) is 38.7. The van der Waals surface area contributed by atoms with Crippen LogP contribution in [-0.2, 0) is 50.5 Å². The Morgan fingerprint density at radius 2 is 1.75 bits per heavy atom. The Morgan fingerprint density at radius 3 is 2.38 bits per heavy atom. The summed E-state index contributed by atoms with van der Waals surface area (Å²) in [6.45, 7) is 9.61. The molecule has 1 saturated heterocycles. The van der Waals surface area contributed by atoms with Crippen LogP contribution in [0.25, 0.3) is 0 Å². The molecular formula is C37H50N6O8S2. The van der Waals surface area contributed by atoms with Crippen molar-refractivity contribution in [1.82, 2.24) is 24.4 Å². The molecule has 0 radical (unpaired) electrons. The lowest BCUT2D eigenvalue weighted by Crippen LogP contribution is -2.57. The molecule has 14 nitrogen and oxygen atoms in total. The normalized spacial score (nSPS) is 15.7. The van der Waals surface area contributed by atoms with Gasteiger partial charge in [0.25, 0.3) is 0 Å². The van der Waals surface area contributed by atoms with Crippen LogP contribution in [0.15, 0.2) is 70.0 Å². The van der Waals surface area contributed by atoms with E-state index in [1.807, 2.05) is 63.4 Å². The number of hydrogen-bond donors (Lipinski definition) is 2. The van der Waals surface area contributed by atoms with Gasteiger partial charge < -0.3 is 25.0 Å². The molecule has 0 saturated carbocycles. The van der Waals surface area contributed by atoms with Crippen LogP contribution in [0.3, 0.4) is 0 Å². The summed E-state index contributed by atoms with van der Waals surface area (Å²) in [5, 5.41) is 20.1. The minimum Gasteiger partial charge on any atom is -0.458 e. The van der Waals surface area contributed by atoms with Crippen molar-refractivity contribution in [1.29, 1.82) is 0 Å². The van der Waals surface area contributed by atoms with Crippen molar-refractivity contribution in [3.8, 4) is 0 Å². The van der Waals surface area contributed by atoms with Gasteiger partial charge in [-0.25, -0.2) is 18.2 Å². The number of carbonyl (C=O) groups excluding carboxylic acids is 3. The van der Waals surface area contributed by atoms with E-state index in [0.29, 0.717) is 35.8 Å².